The SMILES string of the molecule is Cc1cc(Cl)ccc1NC(=O)C[NH+]1CC[NH+](CC(=O)Nc2ccc(F)cc2)CC1. The number of benzene rings is 2. The van der Waals surface area contributed by atoms with Crippen LogP contribution >= 0.6 is 11.6 Å². The highest BCUT2D eigenvalue weighted by Gasteiger charge is 2.26. The van der Waals surface area contributed by atoms with Crippen LogP contribution in [0, 0.1) is 12.7 Å². The van der Waals surface area contributed by atoms with Gasteiger partial charge >= 0.3 is 0 Å². The molecule has 1 fully saturated rings. The van der Waals surface area contributed by atoms with E-state index in [2.05, 4.69) is 10.6 Å². The van der Waals surface area contributed by atoms with Crippen molar-refractivity contribution in [1.29, 1.82) is 0 Å². The summed E-state index contributed by atoms with van der Waals surface area (Å²) in [6.07, 6.45) is 0. The number of carbonyl (C=O) groups excluding carboxylic acids is 2. The maximum absolute atomic E-state index is 12.9. The molecular formula is C21H26ClFN4O2+2. The summed E-state index contributed by atoms with van der Waals surface area (Å²) in [6.45, 7) is 5.96. The average molecular weight is 421 g/mol. The molecule has 6 nitrogen and oxygen atoms in total. The first-order valence-electron chi connectivity index (χ1n) is 9.67. The predicted molar refractivity (Wildman–Crippen MR) is 111 cm³/mol. The number of rotatable bonds is 6. The van der Waals surface area contributed by atoms with Crippen LogP contribution in [-0.4, -0.2) is 51.1 Å². The highest BCUT2D eigenvalue weighted by atomic mass is 35.5. The summed E-state index contributed by atoms with van der Waals surface area (Å²) in [4.78, 5) is 26.9. The summed E-state index contributed by atoms with van der Waals surface area (Å²) >= 11 is 5.95. The van der Waals surface area contributed by atoms with Crippen molar-refractivity contribution in [3.05, 3.63) is 58.9 Å². The van der Waals surface area contributed by atoms with E-state index in [1.165, 1.54) is 21.9 Å². The van der Waals surface area contributed by atoms with Crippen LogP contribution in [0.25, 0.3) is 0 Å². The van der Waals surface area contributed by atoms with Crippen molar-refractivity contribution in [1.82, 2.24) is 0 Å². The third-order valence-corrected chi connectivity index (χ3v) is 5.31. The van der Waals surface area contributed by atoms with Crippen molar-refractivity contribution in [3.8, 4) is 0 Å². The Morgan fingerprint density at radius 1 is 0.931 bits per heavy atom. The normalized spacial score (nSPS) is 18.9. The van der Waals surface area contributed by atoms with Crippen LogP contribution in [0.15, 0.2) is 42.5 Å². The number of piperazine rings is 1. The molecule has 1 aliphatic heterocycles. The molecule has 2 amide bonds. The first kappa shape index (κ1) is 21.2. The first-order valence-corrected chi connectivity index (χ1v) is 10.1. The zero-order valence-corrected chi connectivity index (χ0v) is 17.1. The van der Waals surface area contributed by atoms with Crippen molar-refractivity contribution >= 4 is 34.8 Å². The molecule has 2 aromatic rings. The van der Waals surface area contributed by atoms with E-state index in [-0.39, 0.29) is 17.6 Å². The van der Waals surface area contributed by atoms with Gasteiger partial charge in [-0.25, -0.2) is 4.39 Å². The number of anilines is 2. The van der Waals surface area contributed by atoms with E-state index < -0.39 is 0 Å². The smallest absolute Gasteiger partial charge is 0.279 e. The van der Waals surface area contributed by atoms with Gasteiger partial charge in [-0.1, -0.05) is 11.6 Å². The van der Waals surface area contributed by atoms with Crippen molar-refractivity contribution in [2.75, 3.05) is 49.9 Å². The van der Waals surface area contributed by atoms with Gasteiger partial charge in [-0.05, 0) is 55.0 Å². The molecule has 0 atom stereocenters. The highest BCUT2D eigenvalue weighted by molar-refractivity contribution is 6.30. The van der Waals surface area contributed by atoms with Crippen LogP contribution in [0.3, 0.4) is 0 Å². The van der Waals surface area contributed by atoms with Gasteiger partial charge in [-0.3, -0.25) is 9.59 Å². The second-order valence-corrected chi connectivity index (χ2v) is 7.85. The molecule has 1 saturated heterocycles. The number of halogens is 2. The monoisotopic (exact) mass is 420 g/mol. The lowest BCUT2D eigenvalue weighted by Gasteiger charge is -2.29. The summed E-state index contributed by atoms with van der Waals surface area (Å²) < 4.78 is 12.9. The second kappa shape index (κ2) is 9.82. The van der Waals surface area contributed by atoms with Crippen molar-refractivity contribution in [2.45, 2.75) is 6.92 Å². The quantitative estimate of drug-likeness (QED) is 0.537. The molecule has 154 valence electrons. The van der Waals surface area contributed by atoms with Gasteiger partial charge in [0.2, 0.25) is 0 Å². The predicted octanol–water partition coefficient (Wildman–Crippen LogP) is 0.148. The Kier molecular flexibility index (Phi) is 7.19. The molecule has 0 aliphatic carbocycles. The maximum Gasteiger partial charge on any atom is 0.279 e. The molecule has 0 saturated carbocycles. The first-order chi connectivity index (χ1) is 13.9. The van der Waals surface area contributed by atoms with Crippen molar-refractivity contribution in [3.63, 3.8) is 0 Å². The van der Waals surface area contributed by atoms with Crippen LogP contribution in [-0.2, 0) is 9.59 Å². The van der Waals surface area contributed by atoms with E-state index in [1.54, 1.807) is 18.2 Å². The van der Waals surface area contributed by atoms with Crippen LogP contribution in [0.5, 0.6) is 0 Å². The molecule has 0 radical (unpaired) electrons. The van der Waals surface area contributed by atoms with E-state index in [9.17, 15) is 14.0 Å². The topological polar surface area (TPSA) is 67.1 Å². The average Bonchev–Trinajstić information content (AvgIpc) is 2.67. The molecular weight excluding hydrogens is 395 g/mol. The molecule has 29 heavy (non-hydrogen) atoms. The summed E-state index contributed by atoms with van der Waals surface area (Å²) in [5, 5.41) is 6.38. The van der Waals surface area contributed by atoms with Crippen molar-refractivity contribution < 1.29 is 23.8 Å². The van der Waals surface area contributed by atoms with Crippen LogP contribution in [0.2, 0.25) is 5.02 Å². The summed E-state index contributed by atoms with van der Waals surface area (Å²) in [5.74, 6) is -0.447. The Morgan fingerprint density at radius 3 is 2.03 bits per heavy atom. The standard InChI is InChI=1S/C21H24ClFN4O2/c1-15-12-16(22)2-7-19(15)25-21(29)14-27-10-8-26(9-11-27)13-20(28)24-18-5-3-17(23)4-6-18/h2-7,12H,8-11,13-14H2,1H3,(H,24,28)(H,25,29)/p+2. The molecule has 0 spiro atoms. The van der Waals surface area contributed by atoms with E-state index in [0.29, 0.717) is 23.8 Å². The molecule has 2 aromatic carbocycles. The van der Waals surface area contributed by atoms with Crippen LogP contribution in [0.1, 0.15) is 5.56 Å². The van der Waals surface area contributed by atoms with E-state index in [0.717, 1.165) is 37.4 Å². The number of quaternary nitrogens is 2. The zero-order valence-electron chi connectivity index (χ0n) is 16.4. The summed E-state index contributed by atoms with van der Waals surface area (Å²) in [6, 6.07) is 11.1. The number of hydrogen-bond acceptors (Lipinski definition) is 2. The second-order valence-electron chi connectivity index (χ2n) is 7.42. The van der Waals surface area contributed by atoms with E-state index in [1.807, 2.05) is 19.1 Å². The Morgan fingerprint density at radius 2 is 1.48 bits per heavy atom. The molecule has 8 heteroatoms. The number of nitrogens with one attached hydrogen (secondary N) is 4. The van der Waals surface area contributed by atoms with Gasteiger partial charge in [0.1, 0.15) is 32.0 Å². The lowest BCUT2D eigenvalue weighted by atomic mass is 10.2. The zero-order chi connectivity index (χ0) is 20.8. The number of amides is 2. The van der Waals surface area contributed by atoms with Gasteiger partial charge in [0, 0.05) is 16.4 Å². The molecule has 1 heterocycles. The Bertz CT molecular complexity index is 867. The minimum atomic E-state index is -0.331. The number of aryl methyl sites for hydroxylation is 1. The number of hydrogen-bond donors (Lipinski definition) is 4. The van der Waals surface area contributed by atoms with E-state index >= 15 is 0 Å². The lowest BCUT2D eigenvalue weighted by Crippen LogP contribution is -3.28. The van der Waals surface area contributed by atoms with Crippen LogP contribution < -0.4 is 20.4 Å². The Hall–Kier alpha value is -2.48. The lowest BCUT2D eigenvalue weighted by molar-refractivity contribution is -1.00. The molecule has 0 aromatic heterocycles. The largest absolute Gasteiger partial charge is 0.321 e. The fraction of sp³-hybridized carbons (Fsp3) is 0.333. The van der Waals surface area contributed by atoms with Gasteiger partial charge in [-0.2, -0.15) is 0 Å². The Balaban J connectivity index is 1.40. The number of carbonyl (C=O) groups is 2. The Labute approximate surface area is 174 Å². The fourth-order valence-corrected chi connectivity index (χ4v) is 3.69. The van der Waals surface area contributed by atoms with Gasteiger partial charge in [-0.15, -0.1) is 0 Å². The fourth-order valence-electron chi connectivity index (χ4n) is 3.46. The maximum atomic E-state index is 12.9. The summed E-state index contributed by atoms with van der Waals surface area (Å²) in [7, 11) is 0. The van der Waals surface area contributed by atoms with Crippen molar-refractivity contribution in [2.24, 2.45) is 0 Å². The third-order valence-electron chi connectivity index (χ3n) is 5.08. The third kappa shape index (κ3) is 6.52. The highest BCUT2D eigenvalue weighted by Crippen LogP contribution is 2.19. The minimum absolute atomic E-state index is 0.0251. The van der Waals surface area contributed by atoms with Gasteiger partial charge in [0.15, 0.2) is 13.1 Å². The van der Waals surface area contributed by atoms with Crippen LogP contribution in [0.4, 0.5) is 15.8 Å². The van der Waals surface area contributed by atoms with Gasteiger partial charge in [0.25, 0.3) is 11.8 Å². The molecule has 4 N–H and O–H groups in total. The minimum Gasteiger partial charge on any atom is -0.321 e. The summed E-state index contributed by atoms with van der Waals surface area (Å²) in [5.41, 5.74) is 2.30. The molecule has 0 bridgehead atoms. The van der Waals surface area contributed by atoms with E-state index in [4.69, 9.17) is 11.6 Å². The molecule has 0 unspecified atom stereocenters. The molecule has 1 aliphatic rings. The molecule has 3 rings (SSSR count). The van der Waals surface area contributed by atoms with Gasteiger partial charge < -0.3 is 20.4 Å². The van der Waals surface area contributed by atoms with Gasteiger partial charge in [0.05, 0.1) is 0 Å².